The minimum Gasteiger partial charge on any atom is -0.287 e. The highest BCUT2D eigenvalue weighted by atomic mass is 16.2. The third-order valence-electron chi connectivity index (χ3n) is 5.35. The van der Waals surface area contributed by atoms with Gasteiger partial charge in [-0.3, -0.25) is 19.4 Å². The molecule has 2 amide bonds. The van der Waals surface area contributed by atoms with Crippen LogP contribution in [-0.4, -0.2) is 29.4 Å². The van der Waals surface area contributed by atoms with E-state index in [9.17, 15) is 14.4 Å². The van der Waals surface area contributed by atoms with E-state index in [1.807, 2.05) is 30.3 Å². The van der Waals surface area contributed by atoms with Gasteiger partial charge in [0, 0.05) is 5.56 Å². The highest BCUT2D eigenvalue weighted by Crippen LogP contribution is 2.38. The smallest absolute Gasteiger partial charge is 0.259 e. The first-order valence-corrected chi connectivity index (χ1v) is 9.62. The average molecular weight is 395 g/mol. The molecule has 0 radical (unpaired) electrons. The van der Waals surface area contributed by atoms with Crippen molar-refractivity contribution in [3.63, 3.8) is 0 Å². The van der Waals surface area contributed by atoms with Crippen molar-refractivity contribution < 1.29 is 14.4 Å². The van der Waals surface area contributed by atoms with Crippen LogP contribution in [0.1, 0.15) is 10.4 Å². The van der Waals surface area contributed by atoms with Crippen LogP contribution in [0.5, 0.6) is 0 Å². The van der Waals surface area contributed by atoms with Crippen molar-refractivity contribution in [2.45, 2.75) is 6.04 Å². The second-order valence-corrected chi connectivity index (χ2v) is 7.13. The Morgan fingerprint density at radius 1 is 0.700 bits per heavy atom. The van der Waals surface area contributed by atoms with Crippen molar-refractivity contribution >= 4 is 34.7 Å². The molecule has 30 heavy (non-hydrogen) atoms. The third-order valence-corrected chi connectivity index (χ3v) is 5.35. The quantitative estimate of drug-likeness (QED) is 0.502. The number of anilines is 2. The van der Waals surface area contributed by atoms with Crippen LogP contribution < -0.4 is 9.91 Å². The second-order valence-electron chi connectivity index (χ2n) is 7.13. The molecule has 0 spiro atoms. The predicted octanol–water partition coefficient (Wildman–Crippen LogP) is 3.30. The molecule has 2 atom stereocenters. The van der Waals surface area contributed by atoms with Gasteiger partial charge in [-0.15, -0.1) is 0 Å². The minimum atomic E-state index is -0.953. The number of ketones is 1. The normalized spacial score (nSPS) is 20.3. The fourth-order valence-electron chi connectivity index (χ4n) is 3.97. The van der Waals surface area contributed by atoms with Crippen molar-refractivity contribution in [3.8, 4) is 0 Å². The maximum absolute atomic E-state index is 13.4. The summed E-state index contributed by atoms with van der Waals surface area (Å²) >= 11 is 0. The number of imide groups is 1. The molecule has 2 aliphatic heterocycles. The van der Waals surface area contributed by atoms with Crippen molar-refractivity contribution in [1.82, 2.24) is 0 Å². The molecule has 0 bridgehead atoms. The molecular formula is C24H17N3O3. The molecule has 2 heterocycles. The number of carbonyl (C=O) groups is 3. The van der Waals surface area contributed by atoms with Gasteiger partial charge in [-0.1, -0.05) is 66.7 Å². The molecule has 2 aliphatic rings. The number of nitrogens with zero attached hydrogens (tertiary/aromatic N) is 3. The van der Waals surface area contributed by atoms with Crippen molar-refractivity contribution in [2.24, 2.45) is 11.0 Å². The fourth-order valence-corrected chi connectivity index (χ4v) is 3.97. The molecule has 5 rings (SSSR count). The summed E-state index contributed by atoms with van der Waals surface area (Å²) < 4.78 is 0. The largest absolute Gasteiger partial charge is 0.287 e. The van der Waals surface area contributed by atoms with Gasteiger partial charge in [0.05, 0.1) is 11.4 Å². The predicted molar refractivity (Wildman–Crippen MR) is 113 cm³/mol. The number of para-hydroxylation sites is 2. The number of Topliss-reactive ketones (excluding diaryl/α,β-unsaturated/α-hetero) is 1. The summed E-state index contributed by atoms with van der Waals surface area (Å²) in [6, 6.07) is 25.7. The number of hydrazone groups is 1. The van der Waals surface area contributed by atoms with Gasteiger partial charge in [-0.05, 0) is 24.3 Å². The van der Waals surface area contributed by atoms with E-state index in [1.165, 1.54) is 5.01 Å². The van der Waals surface area contributed by atoms with E-state index in [4.69, 9.17) is 0 Å². The third kappa shape index (κ3) is 2.73. The van der Waals surface area contributed by atoms with E-state index >= 15 is 0 Å². The summed E-state index contributed by atoms with van der Waals surface area (Å²) in [6.45, 7) is 0. The number of fused-ring (bicyclic) bond motifs is 1. The zero-order valence-corrected chi connectivity index (χ0v) is 15.9. The first-order valence-electron chi connectivity index (χ1n) is 9.62. The Hall–Kier alpha value is -4.06. The summed E-state index contributed by atoms with van der Waals surface area (Å²) in [4.78, 5) is 41.1. The molecule has 0 saturated carbocycles. The number of benzene rings is 3. The van der Waals surface area contributed by atoms with Gasteiger partial charge in [0.2, 0.25) is 11.7 Å². The Morgan fingerprint density at radius 2 is 1.23 bits per heavy atom. The summed E-state index contributed by atoms with van der Waals surface area (Å²) in [5.74, 6) is -2.12. The van der Waals surface area contributed by atoms with Crippen LogP contribution in [0.4, 0.5) is 11.4 Å². The Balaban J connectivity index is 1.62. The van der Waals surface area contributed by atoms with Gasteiger partial charge in [-0.2, -0.15) is 5.10 Å². The van der Waals surface area contributed by atoms with E-state index in [0.29, 0.717) is 16.9 Å². The summed E-state index contributed by atoms with van der Waals surface area (Å²) in [5.41, 5.74) is 1.66. The van der Waals surface area contributed by atoms with Crippen LogP contribution in [0.15, 0.2) is 96.1 Å². The molecule has 3 aromatic rings. The molecule has 3 aromatic carbocycles. The fraction of sp³-hybridized carbons (Fsp3) is 0.0833. The molecule has 0 aromatic heterocycles. The minimum absolute atomic E-state index is 0.0897. The van der Waals surface area contributed by atoms with E-state index in [1.54, 1.807) is 60.7 Å². The summed E-state index contributed by atoms with van der Waals surface area (Å²) in [6.07, 6.45) is 0. The van der Waals surface area contributed by atoms with Gasteiger partial charge in [-0.25, -0.2) is 4.90 Å². The molecule has 1 saturated heterocycles. The highest BCUT2D eigenvalue weighted by molar-refractivity contribution is 6.53. The Bertz CT molecular complexity index is 1160. The molecule has 6 heteroatoms. The molecule has 0 unspecified atom stereocenters. The first kappa shape index (κ1) is 18.0. The van der Waals surface area contributed by atoms with Crippen LogP contribution in [0.3, 0.4) is 0 Å². The number of carbonyl (C=O) groups excluding carboxylic acids is 3. The summed E-state index contributed by atoms with van der Waals surface area (Å²) in [5, 5.41) is 5.98. The van der Waals surface area contributed by atoms with Crippen molar-refractivity contribution in [1.29, 1.82) is 0 Å². The Kier molecular flexibility index (Phi) is 4.25. The molecule has 6 nitrogen and oxygen atoms in total. The van der Waals surface area contributed by atoms with Gasteiger partial charge in [0.15, 0.2) is 0 Å². The maximum atomic E-state index is 13.4. The van der Waals surface area contributed by atoms with Gasteiger partial charge in [0.25, 0.3) is 5.91 Å². The number of hydrogen-bond donors (Lipinski definition) is 0. The van der Waals surface area contributed by atoms with E-state index < -0.39 is 17.9 Å². The highest BCUT2D eigenvalue weighted by Gasteiger charge is 2.58. The molecular weight excluding hydrogens is 378 g/mol. The summed E-state index contributed by atoms with van der Waals surface area (Å²) in [7, 11) is 0. The van der Waals surface area contributed by atoms with Crippen LogP contribution in [0, 0.1) is 5.92 Å². The van der Waals surface area contributed by atoms with Crippen LogP contribution in [0.25, 0.3) is 0 Å². The zero-order chi connectivity index (χ0) is 20.7. The van der Waals surface area contributed by atoms with Gasteiger partial charge >= 0.3 is 0 Å². The van der Waals surface area contributed by atoms with E-state index in [2.05, 4.69) is 5.10 Å². The first-order chi connectivity index (χ1) is 14.7. The van der Waals surface area contributed by atoms with Crippen LogP contribution in [-0.2, 0) is 9.59 Å². The Morgan fingerprint density at radius 3 is 1.83 bits per heavy atom. The molecule has 0 aliphatic carbocycles. The van der Waals surface area contributed by atoms with Crippen LogP contribution >= 0.6 is 0 Å². The standard InChI is InChI=1S/C24H17N3O3/c28-22(16-10-4-1-5-11-16)20-19-21(27(25-20)18-14-8-3-9-15-18)24(30)26(23(19)29)17-12-6-2-7-13-17/h1-15,19,21H/t19-,21-/m1/s1. The molecule has 0 N–H and O–H groups in total. The topological polar surface area (TPSA) is 70.1 Å². The van der Waals surface area contributed by atoms with Gasteiger partial charge < -0.3 is 0 Å². The number of amides is 2. The van der Waals surface area contributed by atoms with Gasteiger partial charge in [0.1, 0.15) is 17.7 Å². The monoisotopic (exact) mass is 395 g/mol. The van der Waals surface area contributed by atoms with Crippen LogP contribution in [0.2, 0.25) is 0 Å². The van der Waals surface area contributed by atoms with Crippen molar-refractivity contribution in [2.75, 3.05) is 9.91 Å². The lowest BCUT2D eigenvalue weighted by atomic mass is 9.92. The lowest BCUT2D eigenvalue weighted by Gasteiger charge is -2.22. The zero-order valence-electron chi connectivity index (χ0n) is 15.9. The Labute approximate surface area is 173 Å². The average Bonchev–Trinajstić information content (AvgIpc) is 3.32. The van der Waals surface area contributed by atoms with E-state index in [-0.39, 0.29) is 17.4 Å². The lowest BCUT2D eigenvalue weighted by molar-refractivity contribution is -0.121. The number of hydrogen-bond acceptors (Lipinski definition) is 5. The second kappa shape index (κ2) is 7.08. The molecule has 146 valence electrons. The van der Waals surface area contributed by atoms with E-state index in [0.717, 1.165) is 4.90 Å². The SMILES string of the molecule is O=C(C1=NN(c2ccccc2)[C@H]2C(=O)N(c3ccccc3)C(=O)[C@H]12)c1ccccc1. The molecule has 1 fully saturated rings. The lowest BCUT2D eigenvalue weighted by Crippen LogP contribution is -2.39. The van der Waals surface area contributed by atoms with Crippen molar-refractivity contribution in [3.05, 3.63) is 96.6 Å². The number of rotatable bonds is 4. The maximum Gasteiger partial charge on any atom is 0.259 e.